The van der Waals surface area contributed by atoms with E-state index in [1.807, 2.05) is 77.2 Å². The van der Waals surface area contributed by atoms with Crippen molar-refractivity contribution in [3.05, 3.63) is 64.8 Å². The second-order valence-corrected chi connectivity index (χ2v) is 7.58. The van der Waals surface area contributed by atoms with Crippen LogP contribution in [0, 0.1) is 20.8 Å². The fourth-order valence-corrected chi connectivity index (χ4v) is 3.52. The number of hydrogen-bond acceptors (Lipinski definition) is 2. The highest BCUT2D eigenvalue weighted by molar-refractivity contribution is 6.11. The first-order valence-electron chi connectivity index (χ1n) is 9.59. The zero-order chi connectivity index (χ0) is 20.4. The van der Waals surface area contributed by atoms with Gasteiger partial charge in [-0.1, -0.05) is 30.3 Å². The van der Waals surface area contributed by atoms with E-state index < -0.39 is 0 Å². The van der Waals surface area contributed by atoms with Crippen molar-refractivity contribution in [1.29, 1.82) is 0 Å². The van der Waals surface area contributed by atoms with E-state index in [9.17, 15) is 9.59 Å². The summed E-state index contributed by atoms with van der Waals surface area (Å²) in [6, 6.07) is 13.3. The number of rotatable bonds is 6. The van der Waals surface area contributed by atoms with E-state index in [4.69, 9.17) is 0 Å². The summed E-state index contributed by atoms with van der Waals surface area (Å²) in [5, 5.41) is 3.91. The average molecular weight is 378 g/mol. The predicted octanol–water partition coefficient (Wildman–Crippen LogP) is 2.82. The number of amides is 1. The van der Waals surface area contributed by atoms with Crippen molar-refractivity contribution in [3.8, 4) is 0 Å². The summed E-state index contributed by atoms with van der Waals surface area (Å²) in [7, 11) is 1.88. The highest BCUT2D eigenvalue weighted by Crippen LogP contribution is 2.23. The second kappa shape index (κ2) is 7.98. The van der Waals surface area contributed by atoms with Crippen LogP contribution in [-0.2, 0) is 4.79 Å². The van der Waals surface area contributed by atoms with Gasteiger partial charge in [-0.3, -0.25) is 9.59 Å². The third kappa shape index (κ3) is 3.85. The smallest absolute Gasteiger partial charge is 0.279 e. The topological polar surface area (TPSA) is 66.4 Å². The number of carbonyl (C=O) groups excluding carboxylic acids is 2. The number of para-hydroxylation sites is 1. The van der Waals surface area contributed by atoms with Gasteiger partial charge in [-0.2, -0.15) is 0 Å². The van der Waals surface area contributed by atoms with E-state index >= 15 is 0 Å². The Labute approximate surface area is 165 Å². The first-order chi connectivity index (χ1) is 13.3. The molecule has 0 radical (unpaired) electrons. The molecule has 0 fully saturated rings. The monoisotopic (exact) mass is 378 g/mol. The standard InChI is InChI=1S/C23H27N3O2/c1-14-9-8-12-19(15(14)2)25-21(27)13-26(5)17(4)23(28)22-16(3)24-20-11-7-6-10-18(20)22/h6-12,17,24H,13H2,1-5H3,(H,25,27)/p+1/t17-/m0/s1. The van der Waals surface area contributed by atoms with Gasteiger partial charge in [0, 0.05) is 22.3 Å². The number of H-pyrrole nitrogens is 1. The molecule has 2 atom stereocenters. The van der Waals surface area contributed by atoms with Gasteiger partial charge < -0.3 is 15.2 Å². The molecule has 1 heterocycles. The maximum Gasteiger partial charge on any atom is 0.279 e. The molecular weight excluding hydrogens is 350 g/mol. The Hall–Kier alpha value is -2.92. The molecule has 0 saturated carbocycles. The van der Waals surface area contributed by atoms with Gasteiger partial charge in [0.1, 0.15) is 6.04 Å². The number of Topliss-reactive ketones (excluding diaryl/α,β-unsaturated/α-hetero) is 1. The lowest BCUT2D eigenvalue weighted by atomic mass is 10.0. The Bertz CT molecular complexity index is 1040. The van der Waals surface area contributed by atoms with Gasteiger partial charge in [0.2, 0.25) is 5.78 Å². The molecule has 0 aliphatic carbocycles. The van der Waals surface area contributed by atoms with Crippen molar-refractivity contribution in [1.82, 2.24) is 4.98 Å². The number of anilines is 1. The van der Waals surface area contributed by atoms with Crippen LogP contribution < -0.4 is 10.2 Å². The van der Waals surface area contributed by atoms with Crippen LogP contribution in [0.5, 0.6) is 0 Å². The van der Waals surface area contributed by atoms with Crippen molar-refractivity contribution in [3.63, 3.8) is 0 Å². The predicted molar refractivity (Wildman–Crippen MR) is 113 cm³/mol. The Kier molecular flexibility index (Phi) is 5.66. The minimum atomic E-state index is -0.331. The van der Waals surface area contributed by atoms with Gasteiger partial charge in [-0.25, -0.2) is 0 Å². The van der Waals surface area contributed by atoms with Crippen LogP contribution in [0.3, 0.4) is 0 Å². The Morgan fingerprint density at radius 1 is 1.07 bits per heavy atom. The molecule has 0 aliphatic heterocycles. The summed E-state index contributed by atoms with van der Waals surface area (Å²) in [6.45, 7) is 8.04. The summed E-state index contributed by atoms with van der Waals surface area (Å²) in [6.07, 6.45) is 0. The molecule has 3 aromatic rings. The molecule has 1 unspecified atom stereocenters. The lowest BCUT2D eigenvalue weighted by Crippen LogP contribution is -3.14. The van der Waals surface area contributed by atoms with Crippen LogP contribution in [0.4, 0.5) is 5.69 Å². The number of likely N-dealkylation sites (N-methyl/N-ethyl adjacent to an activating group) is 1. The zero-order valence-electron chi connectivity index (χ0n) is 17.1. The second-order valence-electron chi connectivity index (χ2n) is 7.58. The molecule has 0 saturated heterocycles. The number of aromatic nitrogens is 1. The Balaban J connectivity index is 1.72. The first kappa shape index (κ1) is 19.8. The number of benzene rings is 2. The maximum absolute atomic E-state index is 13.1. The van der Waals surface area contributed by atoms with Gasteiger partial charge in [0.05, 0.1) is 12.6 Å². The lowest BCUT2D eigenvalue weighted by molar-refractivity contribution is -0.885. The normalized spacial score (nSPS) is 13.3. The molecule has 5 nitrogen and oxygen atoms in total. The summed E-state index contributed by atoms with van der Waals surface area (Å²) in [5.41, 5.74) is 5.57. The molecule has 1 amide bonds. The molecule has 5 heteroatoms. The van der Waals surface area contributed by atoms with Crippen molar-refractivity contribution in [2.24, 2.45) is 0 Å². The van der Waals surface area contributed by atoms with Crippen molar-refractivity contribution < 1.29 is 14.5 Å². The SMILES string of the molecule is Cc1cccc(NC(=O)C[NH+](C)[C@@H](C)C(=O)c2c(C)[nH]c3ccccc23)c1C. The number of nitrogens with one attached hydrogen (secondary N) is 3. The van der Waals surface area contributed by atoms with E-state index in [2.05, 4.69) is 10.3 Å². The average Bonchev–Trinajstić information content (AvgIpc) is 2.99. The summed E-state index contributed by atoms with van der Waals surface area (Å²) >= 11 is 0. The van der Waals surface area contributed by atoms with Crippen molar-refractivity contribution in [2.45, 2.75) is 33.7 Å². The molecule has 2 aromatic carbocycles. The highest BCUT2D eigenvalue weighted by Gasteiger charge is 2.28. The van der Waals surface area contributed by atoms with Crippen molar-refractivity contribution >= 4 is 28.3 Å². The number of carbonyl (C=O) groups is 2. The first-order valence-corrected chi connectivity index (χ1v) is 9.59. The number of ketones is 1. The van der Waals surface area contributed by atoms with Crippen LogP contribution in [0.25, 0.3) is 10.9 Å². The number of hydrogen-bond donors (Lipinski definition) is 3. The van der Waals surface area contributed by atoms with Gasteiger partial charge in [-0.15, -0.1) is 0 Å². The molecule has 1 aromatic heterocycles. The number of aryl methyl sites for hydroxylation is 2. The molecule has 0 aliphatic rings. The minimum absolute atomic E-state index is 0.0481. The third-order valence-corrected chi connectivity index (χ3v) is 5.59. The van der Waals surface area contributed by atoms with Crippen molar-refractivity contribution in [2.75, 3.05) is 18.9 Å². The van der Waals surface area contributed by atoms with E-state index in [0.717, 1.165) is 43.9 Å². The minimum Gasteiger partial charge on any atom is -0.358 e. The molecule has 3 rings (SSSR count). The lowest BCUT2D eigenvalue weighted by Gasteiger charge is -2.21. The van der Waals surface area contributed by atoms with Gasteiger partial charge in [0.25, 0.3) is 5.91 Å². The quantitative estimate of drug-likeness (QED) is 0.578. The number of quaternary nitrogens is 1. The maximum atomic E-state index is 13.1. The molecule has 146 valence electrons. The summed E-state index contributed by atoms with van der Waals surface area (Å²) < 4.78 is 0. The summed E-state index contributed by atoms with van der Waals surface area (Å²) in [4.78, 5) is 29.8. The van der Waals surface area contributed by atoms with E-state index in [1.165, 1.54) is 0 Å². The fourth-order valence-electron chi connectivity index (χ4n) is 3.52. The van der Waals surface area contributed by atoms with Crippen LogP contribution in [-0.4, -0.2) is 36.3 Å². The van der Waals surface area contributed by atoms with Gasteiger partial charge >= 0.3 is 0 Å². The highest BCUT2D eigenvalue weighted by atomic mass is 16.2. The van der Waals surface area contributed by atoms with Crippen LogP contribution >= 0.6 is 0 Å². The summed E-state index contributed by atoms with van der Waals surface area (Å²) in [5.74, 6) is -0.0477. The fraction of sp³-hybridized carbons (Fsp3) is 0.304. The number of fused-ring (bicyclic) bond motifs is 1. The molecular formula is C23H28N3O2+. The Morgan fingerprint density at radius 2 is 1.79 bits per heavy atom. The van der Waals surface area contributed by atoms with Gasteiger partial charge in [-0.05, 0) is 51.0 Å². The van der Waals surface area contributed by atoms with E-state index in [1.54, 1.807) is 0 Å². The molecule has 0 spiro atoms. The Morgan fingerprint density at radius 3 is 2.54 bits per heavy atom. The largest absolute Gasteiger partial charge is 0.358 e. The van der Waals surface area contributed by atoms with E-state index in [-0.39, 0.29) is 24.3 Å². The third-order valence-electron chi connectivity index (χ3n) is 5.59. The molecule has 0 bridgehead atoms. The number of aromatic amines is 1. The van der Waals surface area contributed by atoms with Crippen LogP contribution in [0.1, 0.15) is 34.1 Å². The molecule has 28 heavy (non-hydrogen) atoms. The van der Waals surface area contributed by atoms with Crippen LogP contribution in [0.15, 0.2) is 42.5 Å². The zero-order valence-corrected chi connectivity index (χ0v) is 17.1. The van der Waals surface area contributed by atoms with Gasteiger partial charge in [0.15, 0.2) is 6.54 Å². The van der Waals surface area contributed by atoms with E-state index in [0.29, 0.717) is 0 Å². The van der Waals surface area contributed by atoms with Crippen LogP contribution in [0.2, 0.25) is 0 Å². The molecule has 3 N–H and O–H groups in total.